The molecule has 0 saturated carbocycles. The number of hydrogen-bond donors (Lipinski definition) is 0. The van der Waals surface area contributed by atoms with Crippen LogP contribution < -0.4 is 34.5 Å². The fourth-order valence-electron chi connectivity index (χ4n) is 1.84. The first-order valence-corrected chi connectivity index (χ1v) is 7.60. The first-order valence-electron chi connectivity index (χ1n) is 6.19. The van der Waals surface area contributed by atoms with Crippen molar-refractivity contribution < 1.29 is 52.0 Å². The summed E-state index contributed by atoms with van der Waals surface area (Å²) >= 11 is 0. The van der Waals surface area contributed by atoms with Crippen LogP contribution in [0.15, 0.2) is 23.1 Å². The van der Waals surface area contributed by atoms with Crippen molar-refractivity contribution >= 4 is 15.8 Å². The summed E-state index contributed by atoms with van der Waals surface area (Å²) in [6.45, 7) is 4.03. The summed E-state index contributed by atoms with van der Waals surface area (Å²) in [7, 11) is -1.26. The Hall–Kier alpha value is -0.150. The summed E-state index contributed by atoms with van der Waals surface area (Å²) in [5.41, 5.74) is 1.60. The number of benzene rings is 1. The van der Waals surface area contributed by atoms with E-state index in [0.717, 1.165) is 5.56 Å². The number of hydrogen-bond acceptors (Lipinski definition) is 6. The molecule has 1 aromatic carbocycles. The van der Waals surface area contributed by atoms with E-state index in [4.69, 9.17) is 9.47 Å². The Morgan fingerprint density at radius 3 is 2.10 bits per heavy atom. The molecule has 0 spiro atoms. The topological polar surface area (TPSA) is 78.9 Å². The molecule has 0 bridgehead atoms. The second-order valence-electron chi connectivity index (χ2n) is 4.38. The zero-order valence-corrected chi connectivity index (χ0v) is 15.8. The average Bonchev–Trinajstić information content (AvgIpc) is 2.39. The summed E-state index contributed by atoms with van der Waals surface area (Å²) in [4.78, 5) is 1.72. The number of nitrogens with zero attached hydrogens (tertiary/aromatic N) is 1. The molecule has 0 heterocycles. The Morgan fingerprint density at radius 2 is 1.67 bits per heavy atom. The molecule has 0 aliphatic rings. The fraction of sp³-hybridized carbons (Fsp3) is 0.538. The van der Waals surface area contributed by atoms with Gasteiger partial charge in [-0.1, -0.05) is 6.07 Å². The number of anilines is 1. The molecule has 0 aliphatic carbocycles. The third kappa shape index (κ3) is 6.65. The van der Waals surface area contributed by atoms with Gasteiger partial charge in [-0.15, -0.1) is 0 Å². The van der Waals surface area contributed by atoms with Crippen molar-refractivity contribution in [3.63, 3.8) is 0 Å². The van der Waals surface area contributed by atoms with Gasteiger partial charge in [-0.3, -0.25) is 0 Å². The molecule has 1 rings (SSSR count). The molecule has 0 N–H and O–H groups in total. The van der Waals surface area contributed by atoms with Gasteiger partial charge in [0.1, 0.15) is 10.1 Å². The third-order valence-corrected chi connectivity index (χ3v) is 3.77. The Morgan fingerprint density at radius 1 is 1.14 bits per heavy atom. The van der Waals surface area contributed by atoms with E-state index >= 15 is 0 Å². The van der Waals surface area contributed by atoms with Crippen LogP contribution in [0.4, 0.5) is 5.69 Å². The summed E-state index contributed by atoms with van der Waals surface area (Å²) < 4.78 is 43.5. The van der Waals surface area contributed by atoms with Crippen LogP contribution in [0, 0.1) is 6.92 Å². The summed E-state index contributed by atoms with van der Waals surface area (Å²) in [5.74, 6) is 0. The molecule has 21 heavy (non-hydrogen) atoms. The van der Waals surface area contributed by atoms with E-state index in [1.165, 1.54) is 12.1 Å². The van der Waals surface area contributed by atoms with E-state index in [2.05, 4.69) is 0 Å². The molecule has 0 aromatic heterocycles. The van der Waals surface area contributed by atoms with Crippen molar-refractivity contribution in [2.75, 3.05) is 45.4 Å². The second kappa shape index (κ2) is 9.78. The van der Waals surface area contributed by atoms with Crippen molar-refractivity contribution in [2.45, 2.75) is 11.8 Å². The Balaban J connectivity index is 0.00000400. The standard InChI is InChI=1S/C13H21NO5S.Na/c1-11-4-5-12(20(15,16)17)10-13(11)14(6-8-18-2)7-9-19-3;/h4-5,10H,6-9H2,1-3H3,(H,15,16,17);/q;+1/p-1. The van der Waals surface area contributed by atoms with Gasteiger partial charge in [-0.2, -0.15) is 0 Å². The molecule has 0 unspecified atom stereocenters. The number of aryl methyl sites for hydroxylation is 1. The number of rotatable bonds is 8. The number of ether oxygens (including phenoxy) is 2. The minimum Gasteiger partial charge on any atom is -0.744 e. The molecule has 8 heteroatoms. The van der Waals surface area contributed by atoms with E-state index in [1.54, 1.807) is 20.3 Å². The summed E-state index contributed by atoms with van der Waals surface area (Å²) in [5, 5.41) is 0. The molecule has 0 fully saturated rings. The van der Waals surface area contributed by atoms with E-state index in [9.17, 15) is 13.0 Å². The maximum atomic E-state index is 11.1. The fourth-order valence-corrected chi connectivity index (χ4v) is 2.33. The molecule has 1 aromatic rings. The molecule has 6 nitrogen and oxygen atoms in total. The van der Waals surface area contributed by atoms with Gasteiger partial charge in [-0.25, -0.2) is 8.42 Å². The van der Waals surface area contributed by atoms with Crippen molar-refractivity contribution in [3.8, 4) is 0 Å². The van der Waals surface area contributed by atoms with Gasteiger partial charge in [0, 0.05) is 33.0 Å². The van der Waals surface area contributed by atoms with Crippen LogP contribution in [-0.2, 0) is 19.6 Å². The van der Waals surface area contributed by atoms with Crippen molar-refractivity contribution in [1.82, 2.24) is 0 Å². The van der Waals surface area contributed by atoms with Gasteiger partial charge in [0.2, 0.25) is 0 Å². The minimum atomic E-state index is -4.46. The van der Waals surface area contributed by atoms with Gasteiger partial charge in [0.15, 0.2) is 0 Å². The van der Waals surface area contributed by atoms with E-state index in [1.807, 2.05) is 11.8 Å². The van der Waals surface area contributed by atoms with Crippen molar-refractivity contribution in [3.05, 3.63) is 23.8 Å². The van der Waals surface area contributed by atoms with E-state index < -0.39 is 10.1 Å². The zero-order chi connectivity index (χ0) is 15.2. The molecule has 114 valence electrons. The maximum Gasteiger partial charge on any atom is 1.00 e. The van der Waals surface area contributed by atoms with Crippen LogP contribution in [-0.4, -0.2) is 53.5 Å². The van der Waals surface area contributed by atoms with Crippen molar-refractivity contribution in [1.29, 1.82) is 0 Å². The van der Waals surface area contributed by atoms with Crippen LogP contribution >= 0.6 is 0 Å². The van der Waals surface area contributed by atoms with Gasteiger partial charge >= 0.3 is 29.6 Å². The largest absolute Gasteiger partial charge is 1.00 e. The van der Waals surface area contributed by atoms with E-state index in [-0.39, 0.29) is 34.5 Å². The molecule has 0 atom stereocenters. The Kier molecular flexibility index (Phi) is 9.71. The molecule has 0 amide bonds. The normalized spacial score (nSPS) is 11.0. The predicted molar refractivity (Wildman–Crippen MR) is 75.1 cm³/mol. The first-order chi connectivity index (χ1) is 9.40. The van der Waals surface area contributed by atoms with E-state index in [0.29, 0.717) is 32.0 Å². The maximum absolute atomic E-state index is 11.1. The minimum absolute atomic E-state index is 0. The smallest absolute Gasteiger partial charge is 0.744 e. The molecule has 0 aliphatic heterocycles. The summed E-state index contributed by atoms with van der Waals surface area (Å²) in [6.07, 6.45) is 0. The van der Waals surface area contributed by atoms with Crippen LogP contribution in [0.2, 0.25) is 0 Å². The van der Waals surface area contributed by atoms with Crippen LogP contribution in [0.5, 0.6) is 0 Å². The van der Waals surface area contributed by atoms with Crippen molar-refractivity contribution in [2.24, 2.45) is 0 Å². The zero-order valence-electron chi connectivity index (χ0n) is 13.0. The van der Waals surface area contributed by atoms with Gasteiger partial charge in [0.05, 0.1) is 18.1 Å². The molecule has 0 radical (unpaired) electrons. The third-order valence-electron chi connectivity index (χ3n) is 2.94. The second-order valence-corrected chi connectivity index (χ2v) is 5.75. The van der Waals surface area contributed by atoms with Gasteiger partial charge in [-0.05, 0) is 24.6 Å². The monoisotopic (exact) mass is 325 g/mol. The molecular formula is C13H20NNaO5S. The summed E-state index contributed by atoms with van der Waals surface area (Å²) in [6, 6.07) is 4.36. The number of methoxy groups -OCH3 is 2. The van der Waals surface area contributed by atoms with Crippen LogP contribution in [0.1, 0.15) is 5.56 Å². The quantitative estimate of drug-likeness (QED) is 0.406. The average molecular weight is 325 g/mol. The van der Waals surface area contributed by atoms with Gasteiger partial charge in [0.25, 0.3) is 0 Å². The molecule has 0 saturated heterocycles. The Labute approximate surface area is 148 Å². The van der Waals surface area contributed by atoms with Gasteiger partial charge < -0.3 is 18.9 Å². The van der Waals surface area contributed by atoms with Crippen LogP contribution in [0.25, 0.3) is 0 Å². The van der Waals surface area contributed by atoms with Crippen LogP contribution in [0.3, 0.4) is 0 Å². The predicted octanol–water partition coefficient (Wildman–Crippen LogP) is -2.00. The first kappa shape index (κ1) is 20.9. The molecular weight excluding hydrogens is 305 g/mol. The Bertz CT molecular complexity index is 527. The SMILES string of the molecule is COCCN(CCOC)c1cc(S(=O)(=O)[O-])ccc1C.[Na+].